The minimum atomic E-state index is -0.309. The Bertz CT molecular complexity index is 371. The molecule has 1 amide bonds. The summed E-state index contributed by atoms with van der Waals surface area (Å²) < 4.78 is 1.64. The number of oxime groups is 1. The molecular formula is C8H13N5O2. The van der Waals surface area contributed by atoms with Crippen LogP contribution in [0.15, 0.2) is 17.4 Å². The highest BCUT2D eigenvalue weighted by Gasteiger charge is 2.05. The van der Waals surface area contributed by atoms with Crippen molar-refractivity contribution in [1.29, 1.82) is 0 Å². The van der Waals surface area contributed by atoms with E-state index in [1.807, 2.05) is 0 Å². The standard InChI is InChI=1S/C8H13N5O2/c1-13-3-2-6(11-13)5-10-8(14)4-7(9)12-15/h2-3,15H,4-5H2,1H3,(H2,9,12)(H,10,14). The molecule has 4 N–H and O–H groups in total. The Morgan fingerprint density at radius 2 is 2.53 bits per heavy atom. The molecule has 1 rings (SSSR count). The summed E-state index contributed by atoms with van der Waals surface area (Å²) in [6.45, 7) is 0.332. The van der Waals surface area contributed by atoms with Crippen molar-refractivity contribution in [2.45, 2.75) is 13.0 Å². The van der Waals surface area contributed by atoms with Crippen LogP contribution in [0.5, 0.6) is 0 Å². The molecule has 82 valence electrons. The van der Waals surface area contributed by atoms with E-state index in [0.29, 0.717) is 6.54 Å². The minimum Gasteiger partial charge on any atom is -0.409 e. The minimum absolute atomic E-state index is 0.117. The molecule has 0 saturated heterocycles. The summed E-state index contributed by atoms with van der Waals surface area (Å²) in [7, 11) is 1.79. The number of carbonyl (C=O) groups excluding carboxylic acids is 1. The van der Waals surface area contributed by atoms with Crippen LogP contribution < -0.4 is 11.1 Å². The number of amidine groups is 1. The fraction of sp³-hybridized carbons (Fsp3) is 0.375. The Morgan fingerprint density at radius 3 is 3.07 bits per heavy atom. The van der Waals surface area contributed by atoms with Crippen LogP contribution in [0.3, 0.4) is 0 Å². The average Bonchev–Trinajstić information content (AvgIpc) is 2.61. The molecule has 7 nitrogen and oxygen atoms in total. The van der Waals surface area contributed by atoms with E-state index in [1.54, 1.807) is 24.0 Å². The van der Waals surface area contributed by atoms with E-state index < -0.39 is 0 Å². The summed E-state index contributed by atoms with van der Waals surface area (Å²) in [5, 5.41) is 17.6. The maximum absolute atomic E-state index is 11.2. The number of amides is 1. The number of rotatable bonds is 4. The lowest BCUT2D eigenvalue weighted by molar-refractivity contribution is -0.120. The van der Waals surface area contributed by atoms with Gasteiger partial charge in [-0.25, -0.2) is 0 Å². The van der Waals surface area contributed by atoms with Crippen molar-refractivity contribution in [1.82, 2.24) is 15.1 Å². The molecule has 1 heterocycles. The molecule has 0 bridgehead atoms. The first-order valence-corrected chi connectivity index (χ1v) is 4.33. The van der Waals surface area contributed by atoms with Crippen LogP contribution in [0, 0.1) is 0 Å². The Balaban J connectivity index is 2.34. The van der Waals surface area contributed by atoms with Crippen LogP contribution >= 0.6 is 0 Å². The van der Waals surface area contributed by atoms with E-state index in [4.69, 9.17) is 10.9 Å². The summed E-state index contributed by atoms with van der Waals surface area (Å²) in [5.41, 5.74) is 5.92. The highest BCUT2D eigenvalue weighted by molar-refractivity contribution is 5.98. The van der Waals surface area contributed by atoms with Crippen molar-refractivity contribution in [3.8, 4) is 0 Å². The Hall–Kier alpha value is -2.05. The van der Waals surface area contributed by atoms with Gasteiger partial charge < -0.3 is 16.3 Å². The highest BCUT2D eigenvalue weighted by atomic mass is 16.4. The molecule has 7 heteroatoms. The van der Waals surface area contributed by atoms with Crippen molar-refractivity contribution in [3.05, 3.63) is 18.0 Å². The van der Waals surface area contributed by atoms with E-state index in [2.05, 4.69) is 15.6 Å². The second-order valence-electron chi connectivity index (χ2n) is 3.03. The van der Waals surface area contributed by atoms with Gasteiger partial charge >= 0.3 is 0 Å². The van der Waals surface area contributed by atoms with Crippen LogP contribution in [0.2, 0.25) is 0 Å². The molecule has 0 saturated carbocycles. The van der Waals surface area contributed by atoms with Crippen LogP contribution in [-0.2, 0) is 18.4 Å². The van der Waals surface area contributed by atoms with E-state index >= 15 is 0 Å². The highest BCUT2D eigenvalue weighted by Crippen LogP contribution is 1.93. The number of nitrogens with two attached hydrogens (primary N) is 1. The first-order chi connectivity index (χ1) is 7.11. The van der Waals surface area contributed by atoms with Gasteiger partial charge in [-0.1, -0.05) is 5.16 Å². The van der Waals surface area contributed by atoms with E-state index in [-0.39, 0.29) is 18.2 Å². The molecular weight excluding hydrogens is 198 g/mol. The molecule has 0 atom stereocenters. The zero-order valence-corrected chi connectivity index (χ0v) is 8.34. The molecule has 0 aliphatic rings. The monoisotopic (exact) mass is 211 g/mol. The number of nitrogens with one attached hydrogen (secondary N) is 1. The Kier molecular flexibility index (Phi) is 3.67. The molecule has 1 aromatic heterocycles. The van der Waals surface area contributed by atoms with Gasteiger partial charge in [0.1, 0.15) is 5.84 Å². The fourth-order valence-corrected chi connectivity index (χ4v) is 1.01. The molecule has 0 unspecified atom stereocenters. The molecule has 0 aromatic carbocycles. The third-order valence-corrected chi connectivity index (χ3v) is 1.71. The number of aromatic nitrogens is 2. The zero-order valence-electron chi connectivity index (χ0n) is 8.34. The van der Waals surface area contributed by atoms with Gasteiger partial charge in [-0.05, 0) is 6.07 Å². The Morgan fingerprint density at radius 1 is 1.80 bits per heavy atom. The van der Waals surface area contributed by atoms with E-state index in [1.165, 1.54) is 0 Å². The number of nitrogens with zero attached hydrogens (tertiary/aromatic N) is 3. The van der Waals surface area contributed by atoms with Crippen molar-refractivity contribution in [3.63, 3.8) is 0 Å². The molecule has 0 spiro atoms. The van der Waals surface area contributed by atoms with Crippen molar-refractivity contribution in [2.24, 2.45) is 17.9 Å². The van der Waals surface area contributed by atoms with Gasteiger partial charge in [-0.15, -0.1) is 0 Å². The molecule has 0 aliphatic heterocycles. The summed E-state index contributed by atoms with van der Waals surface area (Å²) >= 11 is 0. The Labute approximate surface area is 86.6 Å². The summed E-state index contributed by atoms with van der Waals surface area (Å²) in [4.78, 5) is 11.2. The van der Waals surface area contributed by atoms with E-state index in [9.17, 15) is 4.79 Å². The molecule has 15 heavy (non-hydrogen) atoms. The SMILES string of the molecule is Cn1ccc(CNC(=O)C/C(N)=N/O)n1. The molecule has 0 fully saturated rings. The van der Waals surface area contributed by atoms with Crippen molar-refractivity contribution < 1.29 is 10.0 Å². The lowest BCUT2D eigenvalue weighted by Crippen LogP contribution is -2.28. The fourth-order valence-electron chi connectivity index (χ4n) is 1.01. The maximum Gasteiger partial charge on any atom is 0.228 e. The van der Waals surface area contributed by atoms with Gasteiger partial charge in [0.2, 0.25) is 5.91 Å². The van der Waals surface area contributed by atoms with Gasteiger partial charge in [-0.2, -0.15) is 5.10 Å². The van der Waals surface area contributed by atoms with E-state index in [0.717, 1.165) is 5.69 Å². The van der Waals surface area contributed by atoms with Crippen LogP contribution in [0.25, 0.3) is 0 Å². The van der Waals surface area contributed by atoms with Crippen molar-refractivity contribution >= 4 is 11.7 Å². The number of hydrogen-bond donors (Lipinski definition) is 3. The zero-order chi connectivity index (χ0) is 11.3. The predicted molar refractivity (Wildman–Crippen MR) is 53.1 cm³/mol. The average molecular weight is 211 g/mol. The quantitative estimate of drug-likeness (QED) is 0.261. The normalized spacial score (nSPS) is 11.4. The smallest absolute Gasteiger partial charge is 0.228 e. The predicted octanol–water partition coefficient (Wildman–Crippen LogP) is -0.827. The second kappa shape index (κ2) is 4.99. The number of aryl methyl sites for hydroxylation is 1. The second-order valence-corrected chi connectivity index (χ2v) is 3.03. The first kappa shape index (κ1) is 11.0. The largest absolute Gasteiger partial charge is 0.409 e. The number of carbonyl (C=O) groups is 1. The van der Waals surface area contributed by atoms with Crippen molar-refractivity contribution in [2.75, 3.05) is 0 Å². The summed E-state index contributed by atoms with van der Waals surface area (Å²) in [6, 6.07) is 1.80. The summed E-state index contributed by atoms with van der Waals surface area (Å²) in [5.74, 6) is -0.426. The molecule has 0 radical (unpaired) electrons. The van der Waals surface area contributed by atoms with Gasteiger partial charge in [0.05, 0.1) is 18.7 Å². The lowest BCUT2D eigenvalue weighted by Gasteiger charge is -2.01. The third kappa shape index (κ3) is 3.67. The van der Waals surface area contributed by atoms with Gasteiger partial charge in [0.15, 0.2) is 0 Å². The maximum atomic E-state index is 11.2. The van der Waals surface area contributed by atoms with Crippen LogP contribution in [0.4, 0.5) is 0 Å². The lowest BCUT2D eigenvalue weighted by atomic mass is 10.3. The molecule has 1 aromatic rings. The van der Waals surface area contributed by atoms with Gasteiger partial charge in [0, 0.05) is 13.2 Å². The number of hydrogen-bond acceptors (Lipinski definition) is 4. The summed E-state index contributed by atoms with van der Waals surface area (Å²) in [6.07, 6.45) is 1.66. The first-order valence-electron chi connectivity index (χ1n) is 4.33. The van der Waals surface area contributed by atoms with Gasteiger partial charge in [0.25, 0.3) is 0 Å². The molecule has 0 aliphatic carbocycles. The van der Waals surface area contributed by atoms with Gasteiger partial charge in [-0.3, -0.25) is 9.48 Å². The van der Waals surface area contributed by atoms with Crippen LogP contribution in [0.1, 0.15) is 12.1 Å². The van der Waals surface area contributed by atoms with Crippen LogP contribution in [-0.4, -0.2) is 26.7 Å². The topological polar surface area (TPSA) is 106 Å². The third-order valence-electron chi connectivity index (χ3n) is 1.71.